The van der Waals surface area contributed by atoms with Crippen LogP contribution < -0.4 is 5.56 Å². The lowest BCUT2D eigenvalue weighted by atomic mass is 10.0. The maximum atomic E-state index is 12.5. The Morgan fingerprint density at radius 3 is 2.67 bits per heavy atom. The molecule has 4 aromatic rings. The van der Waals surface area contributed by atoms with Gasteiger partial charge in [-0.15, -0.1) is 0 Å². The van der Waals surface area contributed by atoms with Crippen molar-refractivity contribution >= 4 is 10.9 Å². The molecule has 0 saturated carbocycles. The summed E-state index contributed by atoms with van der Waals surface area (Å²) in [6.07, 6.45) is 4.06. The number of benzene rings is 2. The fourth-order valence-electron chi connectivity index (χ4n) is 2.81. The number of imidazole rings is 1. The second-order valence-corrected chi connectivity index (χ2v) is 5.78. The molecule has 5 nitrogen and oxygen atoms in total. The van der Waals surface area contributed by atoms with Crippen LogP contribution in [0.4, 0.5) is 0 Å². The van der Waals surface area contributed by atoms with Crippen molar-refractivity contribution in [2.24, 2.45) is 7.05 Å². The highest BCUT2D eigenvalue weighted by Gasteiger charge is 2.08. The van der Waals surface area contributed by atoms with E-state index in [0.29, 0.717) is 23.1 Å². The van der Waals surface area contributed by atoms with Crippen molar-refractivity contribution in [3.8, 4) is 11.1 Å². The molecule has 2 aromatic heterocycles. The topological polar surface area (TPSA) is 63.6 Å². The first-order valence-electron chi connectivity index (χ1n) is 7.74. The van der Waals surface area contributed by atoms with Gasteiger partial charge in [-0.3, -0.25) is 4.79 Å². The van der Waals surface area contributed by atoms with E-state index in [2.05, 4.69) is 15.0 Å². The third kappa shape index (κ3) is 2.60. The summed E-state index contributed by atoms with van der Waals surface area (Å²) < 4.78 is 1.92. The van der Waals surface area contributed by atoms with Crippen molar-refractivity contribution in [3.05, 3.63) is 82.9 Å². The zero-order valence-electron chi connectivity index (χ0n) is 13.2. The molecule has 118 valence electrons. The first-order valence-corrected chi connectivity index (χ1v) is 7.74. The first kappa shape index (κ1) is 14.4. The Bertz CT molecular complexity index is 1060. The molecule has 0 unspecified atom stereocenters. The average molecular weight is 316 g/mol. The van der Waals surface area contributed by atoms with E-state index in [4.69, 9.17) is 0 Å². The number of H-pyrrole nitrogens is 1. The minimum absolute atomic E-state index is 0.116. The summed E-state index contributed by atoms with van der Waals surface area (Å²) in [6, 6.07) is 15.8. The quantitative estimate of drug-likeness (QED) is 0.632. The molecule has 0 atom stereocenters. The van der Waals surface area contributed by atoms with Crippen LogP contribution in [0.15, 0.2) is 65.8 Å². The van der Waals surface area contributed by atoms with Crippen LogP contribution in [0.3, 0.4) is 0 Å². The Hall–Kier alpha value is -3.21. The van der Waals surface area contributed by atoms with Gasteiger partial charge >= 0.3 is 0 Å². The van der Waals surface area contributed by atoms with Gasteiger partial charge in [-0.2, -0.15) is 0 Å². The summed E-state index contributed by atoms with van der Waals surface area (Å²) in [7, 11) is 1.92. The smallest absolute Gasteiger partial charge is 0.258 e. The number of aromatic nitrogens is 4. The molecule has 0 aliphatic heterocycles. The molecule has 0 aliphatic carbocycles. The predicted molar refractivity (Wildman–Crippen MR) is 93.8 cm³/mol. The highest BCUT2D eigenvalue weighted by molar-refractivity contribution is 5.83. The van der Waals surface area contributed by atoms with E-state index in [-0.39, 0.29) is 5.56 Å². The van der Waals surface area contributed by atoms with Crippen LogP contribution in [0.1, 0.15) is 11.5 Å². The summed E-state index contributed by atoms with van der Waals surface area (Å²) in [6.45, 7) is 0. The van der Waals surface area contributed by atoms with E-state index in [1.54, 1.807) is 12.5 Å². The number of aryl methyl sites for hydroxylation is 1. The molecule has 0 fully saturated rings. The van der Waals surface area contributed by atoms with E-state index in [1.165, 1.54) is 0 Å². The summed E-state index contributed by atoms with van der Waals surface area (Å²) in [5.41, 5.74) is 3.68. The molecule has 0 bridgehead atoms. The van der Waals surface area contributed by atoms with Crippen LogP contribution in [-0.2, 0) is 13.5 Å². The number of aromatic amines is 1. The third-order valence-corrected chi connectivity index (χ3v) is 4.13. The molecule has 0 amide bonds. The molecule has 24 heavy (non-hydrogen) atoms. The number of fused-ring (bicyclic) bond motifs is 1. The minimum Gasteiger partial charge on any atom is -0.337 e. The average Bonchev–Trinajstić information content (AvgIpc) is 3.00. The summed E-state index contributed by atoms with van der Waals surface area (Å²) in [4.78, 5) is 24.0. The zero-order valence-corrected chi connectivity index (χ0v) is 13.2. The van der Waals surface area contributed by atoms with Crippen molar-refractivity contribution in [1.29, 1.82) is 0 Å². The van der Waals surface area contributed by atoms with Gasteiger partial charge in [-0.25, -0.2) is 9.97 Å². The molecule has 0 radical (unpaired) electrons. The normalized spacial score (nSPS) is 11.0. The molecular weight excluding hydrogens is 300 g/mol. The fraction of sp³-hybridized carbons (Fsp3) is 0.105. The number of hydrogen-bond acceptors (Lipinski definition) is 3. The Kier molecular flexibility index (Phi) is 3.46. The molecule has 0 spiro atoms. The van der Waals surface area contributed by atoms with Crippen molar-refractivity contribution in [2.45, 2.75) is 6.42 Å². The maximum Gasteiger partial charge on any atom is 0.258 e. The summed E-state index contributed by atoms with van der Waals surface area (Å²) >= 11 is 0. The van der Waals surface area contributed by atoms with E-state index in [1.807, 2.05) is 60.1 Å². The van der Waals surface area contributed by atoms with Gasteiger partial charge in [-0.05, 0) is 23.3 Å². The molecule has 4 rings (SSSR count). The van der Waals surface area contributed by atoms with Crippen LogP contribution in [-0.4, -0.2) is 19.5 Å². The maximum absolute atomic E-state index is 12.5. The standard InChI is InChI=1S/C19H16N4O/c1-23-12-20-11-15(23)10-18-21-17-8-7-14(9-16(17)19(24)22-18)13-5-3-2-4-6-13/h2-9,11-12H,10H2,1H3,(H,21,22,24). The number of rotatable bonds is 3. The molecule has 2 aromatic carbocycles. The van der Waals surface area contributed by atoms with Crippen LogP contribution >= 0.6 is 0 Å². The number of hydrogen-bond donors (Lipinski definition) is 1. The van der Waals surface area contributed by atoms with Gasteiger partial charge in [0, 0.05) is 25.4 Å². The Labute approximate surface area is 138 Å². The molecule has 2 heterocycles. The second-order valence-electron chi connectivity index (χ2n) is 5.78. The van der Waals surface area contributed by atoms with Crippen LogP contribution in [0.5, 0.6) is 0 Å². The van der Waals surface area contributed by atoms with E-state index in [0.717, 1.165) is 16.8 Å². The fourth-order valence-corrected chi connectivity index (χ4v) is 2.81. The zero-order chi connectivity index (χ0) is 16.5. The molecular formula is C19H16N4O. The van der Waals surface area contributed by atoms with Crippen molar-refractivity contribution in [2.75, 3.05) is 0 Å². The van der Waals surface area contributed by atoms with Crippen molar-refractivity contribution in [3.63, 3.8) is 0 Å². The lowest BCUT2D eigenvalue weighted by molar-refractivity contribution is 0.820. The Balaban J connectivity index is 1.77. The monoisotopic (exact) mass is 316 g/mol. The van der Waals surface area contributed by atoms with Gasteiger partial charge in [0.25, 0.3) is 5.56 Å². The van der Waals surface area contributed by atoms with Gasteiger partial charge in [-0.1, -0.05) is 36.4 Å². The highest BCUT2D eigenvalue weighted by Crippen LogP contribution is 2.22. The lowest BCUT2D eigenvalue weighted by Crippen LogP contribution is -2.13. The van der Waals surface area contributed by atoms with Crippen LogP contribution in [0, 0.1) is 0 Å². The van der Waals surface area contributed by atoms with Gasteiger partial charge in [0.1, 0.15) is 5.82 Å². The van der Waals surface area contributed by atoms with E-state index >= 15 is 0 Å². The molecule has 0 aliphatic rings. The Morgan fingerprint density at radius 1 is 1.08 bits per heavy atom. The highest BCUT2D eigenvalue weighted by atomic mass is 16.1. The van der Waals surface area contributed by atoms with E-state index < -0.39 is 0 Å². The van der Waals surface area contributed by atoms with Gasteiger partial charge in [0.05, 0.1) is 17.2 Å². The second kappa shape index (κ2) is 5.77. The third-order valence-electron chi connectivity index (χ3n) is 4.13. The number of nitrogens with zero attached hydrogens (tertiary/aromatic N) is 3. The van der Waals surface area contributed by atoms with Crippen molar-refractivity contribution in [1.82, 2.24) is 19.5 Å². The summed E-state index contributed by atoms with van der Waals surface area (Å²) in [5.74, 6) is 0.642. The van der Waals surface area contributed by atoms with E-state index in [9.17, 15) is 4.79 Å². The van der Waals surface area contributed by atoms with Gasteiger partial charge in [0.15, 0.2) is 0 Å². The largest absolute Gasteiger partial charge is 0.337 e. The summed E-state index contributed by atoms with van der Waals surface area (Å²) in [5, 5.41) is 0.602. The Morgan fingerprint density at radius 2 is 1.92 bits per heavy atom. The molecule has 5 heteroatoms. The molecule has 0 saturated heterocycles. The molecule has 1 N–H and O–H groups in total. The van der Waals surface area contributed by atoms with Crippen molar-refractivity contribution < 1.29 is 0 Å². The lowest BCUT2D eigenvalue weighted by Gasteiger charge is -2.06. The van der Waals surface area contributed by atoms with Gasteiger partial charge in [0.2, 0.25) is 0 Å². The van der Waals surface area contributed by atoms with Crippen LogP contribution in [0.25, 0.3) is 22.0 Å². The van der Waals surface area contributed by atoms with Gasteiger partial charge < -0.3 is 9.55 Å². The first-order chi connectivity index (χ1) is 11.7. The van der Waals surface area contributed by atoms with Crippen LogP contribution in [0.2, 0.25) is 0 Å². The number of nitrogens with one attached hydrogen (secondary N) is 1. The predicted octanol–water partition coefficient (Wildman–Crippen LogP) is 2.91. The minimum atomic E-state index is -0.116. The SMILES string of the molecule is Cn1cncc1Cc1nc2ccc(-c3ccccc3)cc2c(=O)[nH]1.